The lowest BCUT2D eigenvalue weighted by Gasteiger charge is -2.15. The van der Waals surface area contributed by atoms with Gasteiger partial charge in [0, 0.05) is 17.7 Å². The van der Waals surface area contributed by atoms with Crippen molar-refractivity contribution in [2.24, 2.45) is 0 Å². The van der Waals surface area contributed by atoms with Gasteiger partial charge >= 0.3 is 0 Å². The fraction of sp³-hybridized carbons (Fsp3) is 0.462. The first-order valence-corrected chi connectivity index (χ1v) is 6.13. The van der Waals surface area contributed by atoms with E-state index in [9.17, 15) is 13.6 Å². The second-order valence-corrected chi connectivity index (χ2v) is 4.51. The molecule has 98 valence electrons. The summed E-state index contributed by atoms with van der Waals surface area (Å²) in [5.74, 6) is -1.88. The van der Waals surface area contributed by atoms with Gasteiger partial charge in [0.2, 0.25) is 0 Å². The lowest BCUT2D eigenvalue weighted by atomic mass is 10.1. The highest BCUT2D eigenvalue weighted by atomic mass is 19.1. The van der Waals surface area contributed by atoms with Gasteiger partial charge in [-0.2, -0.15) is 0 Å². The van der Waals surface area contributed by atoms with Gasteiger partial charge in [0.1, 0.15) is 11.6 Å². The highest BCUT2D eigenvalue weighted by Crippen LogP contribution is 2.10. The van der Waals surface area contributed by atoms with E-state index in [0.29, 0.717) is 0 Å². The largest absolute Gasteiger partial charge is 0.349 e. The molecule has 3 nitrogen and oxygen atoms in total. The summed E-state index contributed by atoms with van der Waals surface area (Å²) in [4.78, 5) is 11.9. The first-order valence-electron chi connectivity index (χ1n) is 6.13. The fourth-order valence-corrected chi connectivity index (χ4v) is 2.12. The van der Waals surface area contributed by atoms with Crippen LogP contribution in [0, 0.1) is 11.6 Å². The summed E-state index contributed by atoms with van der Waals surface area (Å²) in [7, 11) is 0. The van der Waals surface area contributed by atoms with E-state index in [0.717, 1.165) is 50.6 Å². The minimum Gasteiger partial charge on any atom is -0.349 e. The molecule has 5 heteroatoms. The molecule has 1 aromatic carbocycles. The summed E-state index contributed by atoms with van der Waals surface area (Å²) in [5, 5.41) is 6.05. The van der Waals surface area contributed by atoms with Crippen molar-refractivity contribution in [3.8, 4) is 0 Å². The Morgan fingerprint density at radius 2 is 1.89 bits per heavy atom. The number of rotatable bonds is 2. The molecule has 1 heterocycles. The molecule has 1 aliphatic heterocycles. The van der Waals surface area contributed by atoms with Crippen LogP contribution in [0.1, 0.15) is 29.6 Å². The first-order chi connectivity index (χ1) is 8.65. The standard InChI is InChI=1S/C13H16F2N2O/c14-10-6-9(7-11(15)8-10)13(18)17-12-2-1-4-16-5-3-12/h6-8,12,16H,1-5H2,(H,17,18). The van der Waals surface area contributed by atoms with Gasteiger partial charge in [0.05, 0.1) is 0 Å². The molecular formula is C13H16F2N2O. The molecule has 1 unspecified atom stereocenters. The van der Waals surface area contributed by atoms with Gasteiger partial charge in [-0.15, -0.1) is 0 Å². The topological polar surface area (TPSA) is 41.1 Å². The van der Waals surface area contributed by atoms with E-state index in [2.05, 4.69) is 10.6 Å². The van der Waals surface area contributed by atoms with E-state index in [-0.39, 0.29) is 11.6 Å². The van der Waals surface area contributed by atoms with Crippen LogP contribution >= 0.6 is 0 Å². The Balaban J connectivity index is 2.01. The summed E-state index contributed by atoms with van der Waals surface area (Å²) in [6.07, 6.45) is 2.71. The van der Waals surface area contributed by atoms with Crippen LogP contribution in [0.5, 0.6) is 0 Å². The van der Waals surface area contributed by atoms with Crippen molar-refractivity contribution in [2.45, 2.75) is 25.3 Å². The maximum Gasteiger partial charge on any atom is 0.251 e. The molecule has 1 aromatic rings. The van der Waals surface area contributed by atoms with Crippen LogP contribution < -0.4 is 10.6 Å². The quantitative estimate of drug-likeness (QED) is 0.845. The fourth-order valence-electron chi connectivity index (χ4n) is 2.12. The van der Waals surface area contributed by atoms with E-state index < -0.39 is 17.5 Å². The van der Waals surface area contributed by atoms with Crippen molar-refractivity contribution in [1.82, 2.24) is 10.6 Å². The molecule has 1 amide bonds. The summed E-state index contributed by atoms with van der Waals surface area (Å²) in [6, 6.07) is 2.92. The molecular weight excluding hydrogens is 238 g/mol. The number of carbonyl (C=O) groups excluding carboxylic acids is 1. The van der Waals surface area contributed by atoms with E-state index in [4.69, 9.17) is 0 Å². The lowest BCUT2D eigenvalue weighted by Crippen LogP contribution is -2.35. The lowest BCUT2D eigenvalue weighted by molar-refractivity contribution is 0.0933. The van der Waals surface area contributed by atoms with Gasteiger partial charge in [-0.3, -0.25) is 4.79 Å². The Morgan fingerprint density at radius 3 is 2.61 bits per heavy atom. The van der Waals surface area contributed by atoms with E-state index in [1.807, 2.05) is 0 Å². The second kappa shape index (κ2) is 5.91. The van der Waals surface area contributed by atoms with E-state index in [1.54, 1.807) is 0 Å². The Bertz CT molecular complexity index is 409. The first kappa shape index (κ1) is 13.0. The summed E-state index contributed by atoms with van der Waals surface area (Å²) in [5.41, 5.74) is 0.0321. The Morgan fingerprint density at radius 1 is 1.17 bits per heavy atom. The summed E-state index contributed by atoms with van der Waals surface area (Å²) in [6.45, 7) is 1.80. The van der Waals surface area contributed by atoms with Gasteiger partial charge in [-0.25, -0.2) is 8.78 Å². The minimum absolute atomic E-state index is 0.0321. The van der Waals surface area contributed by atoms with Crippen LogP contribution in [0.25, 0.3) is 0 Å². The number of amides is 1. The second-order valence-electron chi connectivity index (χ2n) is 4.51. The maximum atomic E-state index is 13.0. The van der Waals surface area contributed by atoms with Crippen LogP contribution in [-0.2, 0) is 0 Å². The molecule has 0 radical (unpaired) electrons. The number of halogens is 2. The molecule has 1 saturated heterocycles. The van der Waals surface area contributed by atoms with Gasteiger partial charge < -0.3 is 10.6 Å². The zero-order valence-electron chi connectivity index (χ0n) is 10.0. The van der Waals surface area contributed by atoms with Crippen LogP contribution in [0.4, 0.5) is 8.78 Å². The zero-order valence-corrected chi connectivity index (χ0v) is 10.0. The Hall–Kier alpha value is -1.49. The molecule has 0 aliphatic carbocycles. The number of nitrogens with one attached hydrogen (secondary N) is 2. The predicted octanol–water partition coefficient (Wildman–Crippen LogP) is 1.84. The SMILES string of the molecule is O=C(NC1CCCNCC1)c1cc(F)cc(F)c1. The molecule has 2 N–H and O–H groups in total. The Kier molecular flexibility index (Phi) is 4.25. The molecule has 0 spiro atoms. The molecule has 0 aromatic heterocycles. The number of carbonyl (C=O) groups is 1. The van der Waals surface area contributed by atoms with Crippen LogP contribution in [0.3, 0.4) is 0 Å². The normalized spacial score (nSPS) is 20.2. The third-order valence-corrected chi connectivity index (χ3v) is 3.04. The number of hydrogen-bond acceptors (Lipinski definition) is 2. The van der Waals surface area contributed by atoms with Gasteiger partial charge in [-0.1, -0.05) is 0 Å². The smallest absolute Gasteiger partial charge is 0.251 e. The molecule has 0 bridgehead atoms. The van der Waals surface area contributed by atoms with E-state index >= 15 is 0 Å². The monoisotopic (exact) mass is 254 g/mol. The van der Waals surface area contributed by atoms with Crippen LogP contribution in [0.15, 0.2) is 18.2 Å². The van der Waals surface area contributed by atoms with Crippen LogP contribution in [-0.4, -0.2) is 25.0 Å². The third kappa shape index (κ3) is 3.50. The van der Waals surface area contributed by atoms with Gasteiger partial charge in [0.15, 0.2) is 0 Å². The highest BCUT2D eigenvalue weighted by molar-refractivity contribution is 5.94. The third-order valence-electron chi connectivity index (χ3n) is 3.04. The molecule has 18 heavy (non-hydrogen) atoms. The highest BCUT2D eigenvalue weighted by Gasteiger charge is 2.16. The van der Waals surface area contributed by atoms with Gasteiger partial charge in [0.25, 0.3) is 5.91 Å². The predicted molar refractivity (Wildman–Crippen MR) is 64.3 cm³/mol. The van der Waals surface area contributed by atoms with Crippen molar-refractivity contribution in [3.05, 3.63) is 35.4 Å². The maximum absolute atomic E-state index is 13.0. The average Bonchev–Trinajstić information content (AvgIpc) is 2.56. The summed E-state index contributed by atoms with van der Waals surface area (Å²) < 4.78 is 26.0. The van der Waals surface area contributed by atoms with Crippen molar-refractivity contribution in [1.29, 1.82) is 0 Å². The average molecular weight is 254 g/mol. The minimum atomic E-state index is -0.734. The molecule has 1 fully saturated rings. The van der Waals surface area contributed by atoms with Crippen LogP contribution in [0.2, 0.25) is 0 Å². The van der Waals surface area contributed by atoms with E-state index in [1.165, 1.54) is 0 Å². The molecule has 2 rings (SSSR count). The molecule has 1 aliphatic rings. The van der Waals surface area contributed by atoms with Crippen molar-refractivity contribution >= 4 is 5.91 Å². The zero-order chi connectivity index (χ0) is 13.0. The van der Waals surface area contributed by atoms with Crippen molar-refractivity contribution in [2.75, 3.05) is 13.1 Å². The van der Waals surface area contributed by atoms with Crippen molar-refractivity contribution in [3.63, 3.8) is 0 Å². The molecule has 0 saturated carbocycles. The van der Waals surface area contributed by atoms with Crippen molar-refractivity contribution < 1.29 is 13.6 Å². The molecule has 1 atom stereocenters. The van der Waals surface area contributed by atoms with Gasteiger partial charge in [-0.05, 0) is 44.5 Å². The number of benzene rings is 1. The Labute approximate surface area is 105 Å². The number of hydrogen-bond donors (Lipinski definition) is 2. The summed E-state index contributed by atoms with van der Waals surface area (Å²) >= 11 is 0.